The van der Waals surface area contributed by atoms with Crippen LogP contribution in [0.3, 0.4) is 0 Å². The summed E-state index contributed by atoms with van der Waals surface area (Å²) in [6.07, 6.45) is 0. The lowest BCUT2D eigenvalue weighted by Crippen LogP contribution is -2.04. The van der Waals surface area contributed by atoms with Gasteiger partial charge < -0.3 is 10.5 Å². The normalized spacial score (nSPS) is 9.78. The molecule has 0 amide bonds. The smallest absolute Gasteiger partial charge is 0.321 e. The number of anilines is 1. The van der Waals surface area contributed by atoms with Gasteiger partial charge in [0.1, 0.15) is 0 Å². The largest absolute Gasteiger partial charge is 0.464 e. The van der Waals surface area contributed by atoms with Crippen LogP contribution in [0.4, 0.5) is 5.95 Å². The van der Waals surface area contributed by atoms with Gasteiger partial charge in [0.25, 0.3) is 0 Å². The Morgan fingerprint density at radius 3 is 2.89 bits per heavy atom. The van der Waals surface area contributed by atoms with E-state index in [0.717, 1.165) is 0 Å². The number of benzene rings is 1. The summed E-state index contributed by atoms with van der Waals surface area (Å²) in [6.45, 7) is 2.27. The summed E-state index contributed by atoms with van der Waals surface area (Å²) in [5.74, 6) is 0.480. The SMILES string of the molecule is CCOc1nc(N)nc(-c2cccc(C#N)c2)n1. The van der Waals surface area contributed by atoms with E-state index in [2.05, 4.69) is 21.0 Å². The third-order valence-electron chi connectivity index (χ3n) is 2.16. The molecule has 0 radical (unpaired) electrons. The van der Waals surface area contributed by atoms with Gasteiger partial charge >= 0.3 is 6.01 Å². The Balaban J connectivity index is 2.46. The van der Waals surface area contributed by atoms with E-state index in [1.54, 1.807) is 24.3 Å². The van der Waals surface area contributed by atoms with Crippen molar-refractivity contribution >= 4 is 5.95 Å². The van der Waals surface area contributed by atoms with Crippen LogP contribution in [-0.4, -0.2) is 21.6 Å². The summed E-state index contributed by atoms with van der Waals surface area (Å²) >= 11 is 0. The molecule has 18 heavy (non-hydrogen) atoms. The van der Waals surface area contributed by atoms with Crippen molar-refractivity contribution in [3.8, 4) is 23.5 Å². The third kappa shape index (κ3) is 2.52. The zero-order chi connectivity index (χ0) is 13.0. The third-order valence-corrected chi connectivity index (χ3v) is 2.16. The van der Waals surface area contributed by atoms with Crippen LogP contribution >= 0.6 is 0 Å². The van der Waals surface area contributed by atoms with E-state index in [0.29, 0.717) is 23.6 Å². The predicted octanol–water partition coefficient (Wildman–Crippen LogP) is 1.39. The topological polar surface area (TPSA) is 97.7 Å². The second kappa shape index (κ2) is 5.10. The van der Waals surface area contributed by atoms with Crippen LogP contribution < -0.4 is 10.5 Å². The molecule has 0 fully saturated rings. The summed E-state index contributed by atoms with van der Waals surface area (Å²) in [6, 6.07) is 9.19. The molecule has 1 aromatic heterocycles. The van der Waals surface area contributed by atoms with Crippen LogP contribution in [-0.2, 0) is 0 Å². The summed E-state index contributed by atoms with van der Waals surface area (Å²) in [5, 5.41) is 8.85. The molecule has 0 atom stereocenters. The van der Waals surface area contributed by atoms with Gasteiger partial charge in [0, 0.05) is 5.56 Å². The first-order valence-electron chi connectivity index (χ1n) is 5.38. The van der Waals surface area contributed by atoms with E-state index >= 15 is 0 Å². The molecule has 0 aliphatic heterocycles. The van der Waals surface area contributed by atoms with Crippen LogP contribution in [0.25, 0.3) is 11.4 Å². The Hall–Kier alpha value is -2.68. The molecular weight excluding hydrogens is 230 g/mol. The van der Waals surface area contributed by atoms with Crippen LogP contribution in [0.15, 0.2) is 24.3 Å². The lowest BCUT2D eigenvalue weighted by Gasteiger charge is -2.05. The fraction of sp³-hybridized carbons (Fsp3) is 0.167. The van der Waals surface area contributed by atoms with Gasteiger partial charge in [0.15, 0.2) is 5.82 Å². The molecule has 0 saturated carbocycles. The monoisotopic (exact) mass is 241 g/mol. The van der Waals surface area contributed by atoms with Crippen molar-refractivity contribution in [2.24, 2.45) is 0 Å². The zero-order valence-corrected chi connectivity index (χ0v) is 9.79. The van der Waals surface area contributed by atoms with Gasteiger partial charge in [-0.2, -0.15) is 20.2 Å². The quantitative estimate of drug-likeness (QED) is 0.871. The van der Waals surface area contributed by atoms with Gasteiger partial charge in [-0.25, -0.2) is 0 Å². The average Bonchev–Trinajstić information content (AvgIpc) is 2.38. The van der Waals surface area contributed by atoms with Crippen molar-refractivity contribution in [1.29, 1.82) is 5.26 Å². The minimum absolute atomic E-state index is 0.0887. The first kappa shape index (κ1) is 11.8. The Bertz CT molecular complexity index is 606. The Kier molecular flexibility index (Phi) is 3.34. The Morgan fingerprint density at radius 1 is 1.33 bits per heavy atom. The fourth-order valence-electron chi connectivity index (χ4n) is 1.42. The molecular formula is C12H11N5O. The first-order valence-corrected chi connectivity index (χ1v) is 5.38. The van der Waals surface area contributed by atoms with Crippen molar-refractivity contribution in [1.82, 2.24) is 15.0 Å². The van der Waals surface area contributed by atoms with Crippen LogP contribution in [0.2, 0.25) is 0 Å². The summed E-state index contributed by atoms with van der Waals surface area (Å²) in [5.41, 5.74) is 6.82. The van der Waals surface area contributed by atoms with E-state index in [9.17, 15) is 0 Å². The molecule has 90 valence electrons. The van der Waals surface area contributed by atoms with Gasteiger partial charge in [-0.05, 0) is 19.1 Å². The van der Waals surface area contributed by atoms with Crippen molar-refractivity contribution in [2.45, 2.75) is 6.92 Å². The van der Waals surface area contributed by atoms with Crippen LogP contribution in [0, 0.1) is 11.3 Å². The van der Waals surface area contributed by atoms with Crippen molar-refractivity contribution < 1.29 is 4.74 Å². The first-order chi connectivity index (χ1) is 8.72. The number of ether oxygens (including phenoxy) is 1. The van der Waals surface area contributed by atoms with Crippen molar-refractivity contribution in [3.63, 3.8) is 0 Å². The highest BCUT2D eigenvalue weighted by atomic mass is 16.5. The maximum Gasteiger partial charge on any atom is 0.321 e. The van der Waals surface area contributed by atoms with Gasteiger partial charge in [-0.15, -0.1) is 0 Å². The molecule has 0 bridgehead atoms. The molecule has 6 nitrogen and oxygen atoms in total. The van der Waals surface area contributed by atoms with Gasteiger partial charge in [0.05, 0.1) is 18.2 Å². The average molecular weight is 241 g/mol. The number of aromatic nitrogens is 3. The Labute approximate surface area is 104 Å². The van der Waals surface area contributed by atoms with Gasteiger partial charge in [-0.3, -0.25) is 0 Å². The summed E-state index contributed by atoms with van der Waals surface area (Å²) < 4.78 is 5.20. The minimum atomic E-state index is 0.0887. The lowest BCUT2D eigenvalue weighted by atomic mass is 10.1. The van der Waals surface area contributed by atoms with Crippen LogP contribution in [0.5, 0.6) is 6.01 Å². The minimum Gasteiger partial charge on any atom is -0.464 e. The summed E-state index contributed by atoms with van der Waals surface area (Å²) in [7, 11) is 0. The molecule has 1 aromatic carbocycles. The molecule has 6 heteroatoms. The van der Waals surface area contributed by atoms with Crippen molar-refractivity contribution in [3.05, 3.63) is 29.8 Å². The van der Waals surface area contributed by atoms with Crippen molar-refractivity contribution in [2.75, 3.05) is 12.3 Å². The maximum absolute atomic E-state index is 8.85. The number of nitrogens with two attached hydrogens (primary N) is 1. The van der Waals surface area contributed by atoms with E-state index < -0.39 is 0 Å². The van der Waals surface area contributed by atoms with E-state index in [4.69, 9.17) is 15.7 Å². The maximum atomic E-state index is 8.85. The standard InChI is InChI=1S/C12H11N5O/c1-2-18-12-16-10(15-11(14)17-12)9-5-3-4-8(6-9)7-13/h3-6H,2H2,1H3,(H2,14,15,16,17). The molecule has 2 rings (SSSR count). The molecule has 0 unspecified atom stereocenters. The van der Waals surface area contributed by atoms with E-state index in [1.807, 2.05) is 6.92 Å². The number of hydrogen-bond donors (Lipinski definition) is 1. The number of hydrogen-bond acceptors (Lipinski definition) is 6. The number of nitriles is 1. The highest BCUT2D eigenvalue weighted by Gasteiger charge is 2.07. The molecule has 0 aliphatic rings. The molecule has 2 N–H and O–H groups in total. The zero-order valence-electron chi connectivity index (χ0n) is 9.79. The van der Waals surface area contributed by atoms with Gasteiger partial charge in [0.2, 0.25) is 5.95 Å². The predicted molar refractivity (Wildman–Crippen MR) is 65.6 cm³/mol. The number of nitrogens with zero attached hydrogens (tertiary/aromatic N) is 4. The van der Waals surface area contributed by atoms with E-state index in [1.165, 1.54) is 0 Å². The second-order valence-electron chi connectivity index (χ2n) is 3.43. The molecule has 0 spiro atoms. The van der Waals surface area contributed by atoms with E-state index in [-0.39, 0.29) is 12.0 Å². The Morgan fingerprint density at radius 2 is 2.17 bits per heavy atom. The fourth-order valence-corrected chi connectivity index (χ4v) is 1.42. The molecule has 1 heterocycles. The highest BCUT2D eigenvalue weighted by Crippen LogP contribution is 2.18. The lowest BCUT2D eigenvalue weighted by molar-refractivity contribution is 0.312. The molecule has 2 aromatic rings. The molecule has 0 aliphatic carbocycles. The highest BCUT2D eigenvalue weighted by molar-refractivity contribution is 5.58. The molecule has 0 saturated heterocycles. The number of nitrogen functional groups attached to an aromatic ring is 1. The number of rotatable bonds is 3. The summed E-state index contributed by atoms with van der Waals surface area (Å²) in [4.78, 5) is 12.0. The van der Waals surface area contributed by atoms with Gasteiger partial charge in [-0.1, -0.05) is 12.1 Å². The second-order valence-corrected chi connectivity index (χ2v) is 3.43. The van der Waals surface area contributed by atoms with Crippen LogP contribution in [0.1, 0.15) is 12.5 Å².